The zero-order valence-electron chi connectivity index (χ0n) is 35.3. The number of phosphoric acid groups is 1. The number of hydrogen-bond acceptors (Lipinski definition) is 13. The maximum absolute atomic E-state index is 15.0. The summed E-state index contributed by atoms with van der Waals surface area (Å²) in [5.41, 5.74) is 1.61. The second kappa shape index (κ2) is 19.5. The molecular weight excluding hydrogens is 848 g/mol. The number of piperazine rings is 1. The van der Waals surface area contributed by atoms with E-state index in [1.807, 2.05) is 69.3 Å². The van der Waals surface area contributed by atoms with E-state index in [4.69, 9.17) is 23.3 Å². The summed E-state index contributed by atoms with van der Waals surface area (Å²) in [4.78, 5) is 34.8. The number of rotatable bonds is 15. The monoisotopic (exact) mass is 894 g/mol. The Labute approximate surface area is 384 Å². The van der Waals surface area contributed by atoms with Crippen molar-refractivity contribution >= 4 is 19.2 Å². The van der Waals surface area contributed by atoms with Gasteiger partial charge >= 0.3 is 43.1 Å². The fourth-order valence-electron chi connectivity index (χ4n) is 7.32. The van der Waals surface area contributed by atoms with Crippen LogP contribution >= 0.6 is 7.82 Å². The molecule has 4 atom stereocenters. The van der Waals surface area contributed by atoms with Gasteiger partial charge in [-0.1, -0.05) is 39.0 Å². The third-order valence-electron chi connectivity index (χ3n) is 10.7. The average molecular weight is 895 g/mol. The van der Waals surface area contributed by atoms with Crippen molar-refractivity contribution in [3.8, 4) is 17.2 Å². The molecule has 0 spiro atoms. The second-order valence-electron chi connectivity index (χ2n) is 16.1. The summed E-state index contributed by atoms with van der Waals surface area (Å²) in [6.45, 7) is 8.69. The van der Waals surface area contributed by atoms with E-state index in [1.165, 1.54) is 51.1 Å². The fourth-order valence-corrected chi connectivity index (χ4v) is 8.44. The van der Waals surface area contributed by atoms with Crippen LogP contribution in [0.4, 0.5) is 20.2 Å². The molecule has 0 N–H and O–H groups in total. The van der Waals surface area contributed by atoms with Gasteiger partial charge < -0.3 is 38.0 Å². The summed E-state index contributed by atoms with van der Waals surface area (Å²) in [5.74, 6) is -2.28. The molecule has 0 aliphatic carbocycles. The SMILES string of the molecule is CC(C)(C)C(Cn1ncn(-c2ccc(N3CCN(c4ccc(OCC5COC(Cn6cncn6)(c6ccc(F)cc6F)O5)cc4)CC3)cc2)c1=O)OP(=O)([O-])Oc1ccccc1.[Na+]. The van der Waals surface area contributed by atoms with Crippen LogP contribution in [0.25, 0.3) is 5.69 Å². The van der Waals surface area contributed by atoms with Crippen molar-refractivity contribution in [2.75, 3.05) is 49.2 Å². The van der Waals surface area contributed by atoms with E-state index in [0.29, 0.717) is 11.4 Å². The Hall–Kier alpha value is -4.91. The van der Waals surface area contributed by atoms with Crippen LogP contribution in [0.2, 0.25) is 0 Å². The Bertz CT molecular complexity index is 2540. The molecule has 8 rings (SSSR count). The molecule has 0 saturated carbocycles. The van der Waals surface area contributed by atoms with Crippen LogP contribution in [0, 0.1) is 17.0 Å². The molecule has 6 aromatic rings. The van der Waals surface area contributed by atoms with Crippen LogP contribution in [0.3, 0.4) is 0 Å². The van der Waals surface area contributed by atoms with Gasteiger partial charge in [0.15, 0.2) is 0 Å². The molecule has 4 heterocycles. The largest absolute Gasteiger partial charge is 1.00 e. The molecular formula is C43H46F2N8NaO8P. The van der Waals surface area contributed by atoms with Crippen LogP contribution in [0.5, 0.6) is 11.5 Å². The minimum absolute atomic E-state index is 0. The zero-order valence-corrected chi connectivity index (χ0v) is 38.2. The molecule has 4 unspecified atom stereocenters. The van der Waals surface area contributed by atoms with Gasteiger partial charge in [-0.25, -0.2) is 32.5 Å². The summed E-state index contributed by atoms with van der Waals surface area (Å²) in [7, 11) is -4.78. The fraction of sp³-hybridized carbons (Fsp3) is 0.349. The van der Waals surface area contributed by atoms with E-state index in [-0.39, 0.29) is 67.2 Å². The molecule has 63 heavy (non-hydrogen) atoms. The number of aromatic nitrogens is 6. The number of halogens is 2. The Morgan fingerprint density at radius 2 is 1.52 bits per heavy atom. The third-order valence-corrected chi connectivity index (χ3v) is 11.7. The molecule has 2 aliphatic heterocycles. The number of benzene rings is 4. The van der Waals surface area contributed by atoms with E-state index >= 15 is 0 Å². The zero-order chi connectivity index (χ0) is 43.5. The topological polar surface area (TPSA) is 163 Å². The summed E-state index contributed by atoms with van der Waals surface area (Å²) < 4.78 is 74.5. The van der Waals surface area contributed by atoms with Crippen LogP contribution < -0.4 is 59.2 Å². The average Bonchev–Trinajstić information content (AvgIpc) is 4.01. The maximum Gasteiger partial charge on any atom is 1.00 e. The number of hydrogen-bond donors (Lipinski definition) is 0. The first-order chi connectivity index (χ1) is 29.7. The van der Waals surface area contributed by atoms with Crippen LogP contribution in [0.1, 0.15) is 26.3 Å². The Morgan fingerprint density at radius 1 is 0.873 bits per heavy atom. The first kappa shape index (κ1) is 46.1. The quantitative estimate of drug-likeness (QED) is 0.109. The first-order valence-electron chi connectivity index (χ1n) is 20.1. The van der Waals surface area contributed by atoms with Crippen LogP contribution in [-0.2, 0) is 37.4 Å². The van der Waals surface area contributed by atoms with E-state index in [1.54, 1.807) is 18.2 Å². The number of nitrogens with zero attached hydrogens (tertiary/aromatic N) is 8. The third kappa shape index (κ3) is 11.1. The van der Waals surface area contributed by atoms with Gasteiger partial charge in [0, 0.05) is 49.2 Å². The predicted octanol–water partition coefficient (Wildman–Crippen LogP) is 2.56. The molecule has 20 heteroatoms. The van der Waals surface area contributed by atoms with Gasteiger partial charge in [0.25, 0.3) is 0 Å². The molecule has 0 amide bonds. The summed E-state index contributed by atoms with van der Waals surface area (Å²) >= 11 is 0. The smallest absolute Gasteiger partial charge is 0.746 e. The summed E-state index contributed by atoms with van der Waals surface area (Å²) in [5, 5.41) is 8.37. The Kier molecular flexibility index (Phi) is 14.2. The van der Waals surface area contributed by atoms with Gasteiger partial charge in [-0.05, 0) is 78.2 Å². The van der Waals surface area contributed by atoms with Crippen molar-refractivity contribution in [1.29, 1.82) is 0 Å². The molecule has 0 radical (unpaired) electrons. The van der Waals surface area contributed by atoms with Crippen LogP contribution in [-0.4, -0.2) is 80.7 Å². The van der Waals surface area contributed by atoms with E-state index < -0.39 is 48.6 Å². The number of anilines is 2. The second-order valence-corrected chi connectivity index (χ2v) is 17.4. The molecule has 326 valence electrons. The van der Waals surface area contributed by atoms with Gasteiger partial charge in [-0.15, -0.1) is 0 Å². The standard InChI is InChI=1S/C43H47F2N8O8P.Na/c1-42(2,3)40(61-62(55,56)60-36-7-5-4-6-8-36)24-53-41(54)52(30-48-53)34-12-10-32(11-13-34)49-19-21-50(22-20-49)33-14-16-35(17-15-33)57-25-37-26-58-43(59-37,27-51-29-46-28-47-51)38-18-9-31(44)23-39(38)45;/h4-18,23,28-30,37,40H,19-22,24-27H2,1-3H3,(H,55,56);/q;+1/p-1. The van der Waals surface area contributed by atoms with Crippen molar-refractivity contribution in [3.05, 3.63) is 144 Å². The molecule has 16 nitrogen and oxygen atoms in total. The molecule has 2 saturated heterocycles. The van der Waals surface area contributed by atoms with Crippen molar-refractivity contribution in [2.45, 2.75) is 51.9 Å². The van der Waals surface area contributed by atoms with Crippen molar-refractivity contribution < 1.29 is 71.1 Å². The minimum atomic E-state index is -4.78. The molecule has 4 aromatic carbocycles. The van der Waals surface area contributed by atoms with Crippen molar-refractivity contribution in [3.63, 3.8) is 0 Å². The number of phosphoric ester groups is 1. The molecule has 0 bridgehead atoms. The Balaban J connectivity index is 0.00000595. The van der Waals surface area contributed by atoms with Gasteiger partial charge in [0.05, 0.1) is 24.9 Å². The van der Waals surface area contributed by atoms with Crippen LogP contribution in [0.15, 0.2) is 121 Å². The molecule has 2 aromatic heterocycles. The first-order valence-corrected chi connectivity index (χ1v) is 21.5. The maximum atomic E-state index is 15.0. The number of para-hydroxylation sites is 1. The summed E-state index contributed by atoms with van der Waals surface area (Å²) in [6.07, 6.45) is 2.75. The van der Waals surface area contributed by atoms with Gasteiger partial charge in [-0.3, -0.25) is 4.57 Å². The van der Waals surface area contributed by atoms with E-state index in [0.717, 1.165) is 49.7 Å². The normalized spacial score (nSPS) is 19.3. The van der Waals surface area contributed by atoms with E-state index in [9.17, 15) is 23.0 Å². The Morgan fingerprint density at radius 3 is 2.14 bits per heavy atom. The number of ether oxygens (including phenoxy) is 3. The molecule has 2 fully saturated rings. The van der Waals surface area contributed by atoms with Crippen molar-refractivity contribution in [2.24, 2.45) is 5.41 Å². The predicted molar refractivity (Wildman–Crippen MR) is 222 cm³/mol. The van der Waals surface area contributed by atoms with Gasteiger partial charge in [0.2, 0.25) is 5.79 Å². The summed E-state index contributed by atoms with van der Waals surface area (Å²) in [6, 6.07) is 26.8. The van der Waals surface area contributed by atoms with Crippen molar-refractivity contribution in [1.82, 2.24) is 29.1 Å². The van der Waals surface area contributed by atoms with Gasteiger partial charge in [-0.2, -0.15) is 10.2 Å². The molecule has 2 aliphatic rings. The van der Waals surface area contributed by atoms with Gasteiger partial charge in [0.1, 0.15) is 61.4 Å². The van der Waals surface area contributed by atoms with E-state index in [2.05, 4.69) is 25.0 Å². The minimum Gasteiger partial charge on any atom is -0.746 e.